The Kier molecular flexibility index (Phi) is 5.78. The molecule has 0 radical (unpaired) electrons. The lowest BCUT2D eigenvalue weighted by Crippen LogP contribution is -2.42. The average Bonchev–Trinajstić information content (AvgIpc) is 2.86. The normalized spacial score (nSPS) is 31.0. The molecule has 2 saturated heterocycles. The molecule has 3 aliphatic rings. The van der Waals surface area contributed by atoms with Crippen molar-refractivity contribution >= 4 is 5.91 Å². The van der Waals surface area contributed by atoms with Gasteiger partial charge < -0.3 is 10.2 Å². The molecule has 3 heteroatoms. The lowest BCUT2D eigenvalue weighted by atomic mass is 9.81. The highest BCUT2D eigenvalue weighted by Crippen LogP contribution is 2.32. The van der Waals surface area contributed by atoms with Gasteiger partial charge in [-0.2, -0.15) is 0 Å². The van der Waals surface area contributed by atoms with Crippen LogP contribution in [0.3, 0.4) is 0 Å². The number of carbonyl (C=O) groups is 1. The first-order valence-electron chi connectivity index (χ1n) is 9.81. The van der Waals surface area contributed by atoms with Crippen molar-refractivity contribution in [1.29, 1.82) is 0 Å². The maximum atomic E-state index is 13.1. The summed E-state index contributed by atoms with van der Waals surface area (Å²) >= 11 is 0. The number of amides is 1. The van der Waals surface area contributed by atoms with E-state index >= 15 is 0 Å². The predicted octanol–water partition coefficient (Wildman–Crippen LogP) is 3.73. The predicted molar refractivity (Wildman–Crippen MR) is 90.7 cm³/mol. The van der Waals surface area contributed by atoms with Gasteiger partial charge in [-0.1, -0.05) is 45.4 Å². The van der Waals surface area contributed by atoms with Crippen LogP contribution in [0.15, 0.2) is 0 Å². The summed E-state index contributed by atoms with van der Waals surface area (Å²) in [4.78, 5) is 15.3. The fourth-order valence-electron chi connectivity index (χ4n) is 4.92. The summed E-state index contributed by atoms with van der Waals surface area (Å²) in [6.45, 7) is 4.17. The third kappa shape index (κ3) is 4.04. The molecule has 3 rings (SSSR count). The van der Waals surface area contributed by atoms with E-state index in [4.69, 9.17) is 0 Å². The molecule has 1 N–H and O–H groups in total. The molecule has 3 fully saturated rings. The maximum absolute atomic E-state index is 13.1. The van der Waals surface area contributed by atoms with Crippen LogP contribution in [-0.4, -0.2) is 36.0 Å². The summed E-state index contributed by atoms with van der Waals surface area (Å²) in [5.74, 6) is 1.59. The van der Waals surface area contributed by atoms with Crippen LogP contribution in [0.2, 0.25) is 0 Å². The largest absolute Gasteiger partial charge is 0.341 e. The van der Waals surface area contributed by atoms with Gasteiger partial charge in [0.25, 0.3) is 0 Å². The highest BCUT2D eigenvalue weighted by atomic mass is 16.2. The molecular formula is C19H34N2O. The molecular weight excluding hydrogens is 272 g/mol. The van der Waals surface area contributed by atoms with E-state index in [1.165, 1.54) is 44.9 Å². The molecule has 126 valence electrons. The third-order valence-corrected chi connectivity index (χ3v) is 6.16. The zero-order chi connectivity index (χ0) is 15.4. The second-order valence-electron chi connectivity index (χ2n) is 7.94. The molecule has 0 aromatic heterocycles. The van der Waals surface area contributed by atoms with Crippen molar-refractivity contribution in [3.63, 3.8) is 0 Å². The van der Waals surface area contributed by atoms with E-state index in [-0.39, 0.29) is 0 Å². The number of hydrogen-bond acceptors (Lipinski definition) is 2. The molecule has 2 heterocycles. The SMILES string of the molecule is CCCC(CC1CCCCC1)C(=O)N1CCC2CCC(C1)N2. The zero-order valence-corrected chi connectivity index (χ0v) is 14.4. The van der Waals surface area contributed by atoms with E-state index in [9.17, 15) is 4.79 Å². The van der Waals surface area contributed by atoms with Gasteiger partial charge in [0.15, 0.2) is 0 Å². The first-order chi connectivity index (χ1) is 10.8. The molecule has 2 aliphatic heterocycles. The van der Waals surface area contributed by atoms with Crippen molar-refractivity contribution in [2.45, 2.75) is 89.6 Å². The van der Waals surface area contributed by atoms with E-state index in [1.54, 1.807) is 0 Å². The Balaban J connectivity index is 1.58. The topological polar surface area (TPSA) is 32.3 Å². The summed E-state index contributed by atoms with van der Waals surface area (Å²) in [7, 11) is 0. The van der Waals surface area contributed by atoms with Crippen LogP contribution < -0.4 is 5.32 Å². The minimum atomic E-state index is 0.296. The van der Waals surface area contributed by atoms with Crippen LogP contribution in [0.4, 0.5) is 0 Å². The third-order valence-electron chi connectivity index (χ3n) is 6.16. The molecule has 0 spiro atoms. The van der Waals surface area contributed by atoms with Gasteiger partial charge in [-0.15, -0.1) is 0 Å². The summed E-state index contributed by atoms with van der Waals surface area (Å²) < 4.78 is 0. The molecule has 0 aromatic rings. The molecule has 1 amide bonds. The van der Waals surface area contributed by atoms with Crippen molar-refractivity contribution in [2.75, 3.05) is 13.1 Å². The lowest BCUT2D eigenvalue weighted by molar-refractivity contribution is -0.136. The fraction of sp³-hybridized carbons (Fsp3) is 0.947. The second-order valence-corrected chi connectivity index (χ2v) is 7.94. The average molecular weight is 306 g/mol. The van der Waals surface area contributed by atoms with Crippen LogP contribution in [-0.2, 0) is 4.79 Å². The summed E-state index contributed by atoms with van der Waals surface area (Å²) in [6, 6.07) is 1.24. The molecule has 22 heavy (non-hydrogen) atoms. The number of likely N-dealkylation sites (tertiary alicyclic amines) is 1. The number of nitrogens with one attached hydrogen (secondary N) is 1. The van der Waals surface area contributed by atoms with Crippen LogP contribution >= 0.6 is 0 Å². The number of hydrogen-bond donors (Lipinski definition) is 1. The highest BCUT2D eigenvalue weighted by molar-refractivity contribution is 5.79. The molecule has 3 unspecified atom stereocenters. The van der Waals surface area contributed by atoms with Crippen molar-refractivity contribution < 1.29 is 4.79 Å². The van der Waals surface area contributed by atoms with Crippen LogP contribution in [0.5, 0.6) is 0 Å². The molecule has 1 aliphatic carbocycles. The van der Waals surface area contributed by atoms with Crippen molar-refractivity contribution in [3.05, 3.63) is 0 Å². The van der Waals surface area contributed by atoms with Gasteiger partial charge in [-0.3, -0.25) is 4.79 Å². The highest BCUT2D eigenvalue weighted by Gasteiger charge is 2.34. The lowest BCUT2D eigenvalue weighted by Gasteiger charge is -2.31. The van der Waals surface area contributed by atoms with E-state index in [0.717, 1.165) is 44.7 Å². The second kappa shape index (κ2) is 7.81. The van der Waals surface area contributed by atoms with Crippen molar-refractivity contribution in [1.82, 2.24) is 10.2 Å². The monoisotopic (exact) mass is 306 g/mol. The number of fused-ring (bicyclic) bond motifs is 2. The van der Waals surface area contributed by atoms with E-state index in [0.29, 0.717) is 23.9 Å². The number of rotatable bonds is 5. The molecule has 3 nitrogen and oxygen atoms in total. The van der Waals surface area contributed by atoms with Gasteiger partial charge in [0.1, 0.15) is 0 Å². The van der Waals surface area contributed by atoms with E-state index in [2.05, 4.69) is 17.1 Å². The van der Waals surface area contributed by atoms with Gasteiger partial charge in [-0.25, -0.2) is 0 Å². The molecule has 3 atom stereocenters. The maximum Gasteiger partial charge on any atom is 0.225 e. The van der Waals surface area contributed by atoms with E-state index < -0.39 is 0 Å². The van der Waals surface area contributed by atoms with Gasteiger partial charge >= 0.3 is 0 Å². The Labute approximate surface area is 136 Å². The quantitative estimate of drug-likeness (QED) is 0.839. The first kappa shape index (κ1) is 16.3. The molecule has 2 bridgehead atoms. The van der Waals surface area contributed by atoms with Crippen molar-refractivity contribution in [3.8, 4) is 0 Å². The molecule has 0 aromatic carbocycles. The minimum Gasteiger partial charge on any atom is -0.341 e. The Bertz CT molecular complexity index is 364. The fourth-order valence-corrected chi connectivity index (χ4v) is 4.92. The van der Waals surface area contributed by atoms with Gasteiger partial charge in [0, 0.05) is 31.1 Å². The zero-order valence-electron chi connectivity index (χ0n) is 14.4. The Morgan fingerprint density at radius 3 is 2.64 bits per heavy atom. The minimum absolute atomic E-state index is 0.296. The van der Waals surface area contributed by atoms with Gasteiger partial charge in [-0.05, 0) is 38.0 Å². The number of carbonyl (C=O) groups excluding carboxylic acids is 1. The summed E-state index contributed by atoms with van der Waals surface area (Å²) in [5, 5.41) is 3.70. The van der Waals surface area contributed by atoms with E-state index in [1.807, 2.05) is 0 Å². The van der Waals surface area contributed by atoms with Crippen LogP contribution in [0.1, 0.15) is 77.6 Å². The Hall–Kier alpha value is -0.570. The Morgan fingerprint density at radius 1 is 1.09 bits per heavy atom. The number of nitrogens with zero attached hydrogens (tertiary/aromatic N) is 1. The van der Waals surface area contributed by atoms with Crippen LogP contribution in [0, 0.1) is 11.8 Å². The smallest absolute Gasteiger partial charge is 0.225 e. The molecule has 1 saturated carbocycles. The summed E-state index contributed by atoms with van der Waals surface area (Å²) in [5.41, 5.74) is 0. The van der Waals surface area contributed by atoms with Crippen LogP contribution in [0.25, 0.3) is 0 Å². The summed E-state index contributed by atoms with van der Waals surface area (Å²) in [6.07, 6.45) is 14.0. The first-order valence-corrected chi connectivity index (χ1v) is 9.81. The van der Waals surface area contributed by atoms with Crippen molar-refractivity contribution in [2.24, 2.45) is 11.8 Å². The van der Waals surface area contributed by atoms with Gasteiger partial charge in [0.05, 0.1) is 0 Å². The standard InChI is InChI=1S/C19H34N2O/c1-2-6-16(13-15-7-4-3-5-8-15)19(22)21-12-11-17-9-10-18(14-21)20-17/h15-18,20H,2-14H2,1H3. The van der Waals surface area contributed by atoms with Gasteiger partial charge in [0.2, 0.25) is 5.91 Å². The Morgan fingerprint density at radius 2 is 1.86 bits per heavy atom.